The van der Waals surface area contributed by atoms with Crippen molar-refractivity contribution >= 4 is 0 Å². The van der Waals surface area contributed by atoms with Crippen LogP contribution < -0.4 is 0 Å². The minimum absolute atomic E-state index is 0.773. The second kappa shape index (κ2) is 11.7. The van der Waals surface area contributed by atoms with Crippen LogP contribution in [0.1, 0.15) is 81.8 Å². The van der Waals surface area contributed by atoms with Gasteiger partial charge in [0.05, 0.1) is 6.07 Å². The fourth-order valence-corrected chi connectivity index (χ4v) is 3.93. The van der Waals surface area contributed by atoms with Crippen molar-refractivity contribution in [2.24, 2.45) is 5.92 Å². The smallest absolute Gasteiger partial charge is 0.0912 e. The minimum Gasteiger partial charge on any atom is -0.193 e. The van der Waals surface area contributed by atoms with E-state index in [9.17, 15) is 0 Å². The third-order valence-electron chi connectivity index (χ3n) is 5.53. The van der Waals surface area contributed by atoms with Gasteiger partial charge in [-0.25, -0.2) is 0 Å². The first-order chi connectivity index (χ1) is 12.3. The van der Waals surface area contributed by atoms with Gasteiger partial charge in [0.25, 0.3) is 0 Å². The van der Waals surface area contributed by atoms with E-state index in [1.807, 2.05) is 18.2 Å². The molecule has 25 heavy (non-hydrogen) atoms. The number of hydrogen-bond donors (Lipinski definition) is 0. The van der Waals surface area contributed by atoms with Gasteiger partial charge in [-0.15, -0.1) is 0 Å². The quantitative estimate of drug-likeness (QED) is 0.268. The second-order valence-electron chi connectivity index (χ2n) is 7.41. The SMILES string of the molecule is CCCCCc1ccc([C@H]2CC[C@H](CC/C=C/C=C/C#N)CC2)cc1. The summed E-state index contributed by atoms with van der Waals surface area (Å²) in [6, 6.07) is 11.5. The van der Waals surface area contributed by atoms with Gasteiger partial charge in [-0.1, -0.05) is 62.3 Å². The standard InChI is InChI=1S/C24H33N/c1-2-3-7-10-21-12-16-23(17-13-21)24-18-14-22(15-19-24)11-8-5-4-6-9-20-25/h4-6,9,12-13,16-17,22,24H,2-3,7-8,10-11,14-15,18-19H2,1H3/b5-4+,9-6+/t22-,24-. The number of nitrogens with zero attached hydrogens (tertiary/aromatic N) is 1. The first kappa shape index (κ1) is 19.5. The van der Waals surface area contributed by atoms with E-state index in [4.69, 9.17) is 5.26 Å². The molecule has 0 unspecified atom stereocenters. The molecule has 0 aromatic heterocycles. The highest BCUT2D eigenvalue weighted by molar-refractivity contribution is 5.26. The fraction of sp³-hybridized carbons (Fsp3) is 0.542. The molecule has 0 N–H and O–H groups in total. The molecule has 0 spiro atoms. The van der Waals surface area contributed by atoms with Crippen molar-refractivity contribution in [3.05, 3.63) is 59.7 Å². The molecule has 0 radical (unpaired) electrons. The van der Waals surface area contributed by atoms with Crippen LogP contribution in [0.2, 0.25) is 0 Å². The molecule has 0 amide bonds. The molecule has 0 heterocycles. The summed E-state index contributed by atoms with van der Waals surface area (Å²) in [6.45, 7) is 2.27. The summed E-state index contributed by atoms with van der Waals surface area (Å²) in [7, 11) is 0. The van der Waals surface area contributed by atoms with Gasteiger partial charge >= 0.3 is 0 Å². The van der Waals surface area contributed by atoms with Crippen molar-refractivity contribution in [3.8, 4) is 6.07 Å². The number of unbranched alkanes of at least 4 members (excludes halogenated alkanes) is 2. The molecular formula is C24H33N. The Morgan fingerprint density at radius 3 is 2.48 bits per heavy atom. The monoisotopic (exact) mass is 335 g/mol. The summed E-state index contributed by atoms with van der Waals surface area (Å²) in [4.78, 5) is 0. The van der Waals surface area contributed by atoms with Crippen molar-refractivity contribution in [1.82, 2.24) is 0 Å². The van der Waals surface area contributed by atoms with Crippen LogP contribution in [0.3, 0.4) is 0 Å². The molecule has 1 aromatic rings. The molecule has 1 aromatic carbocycles. The Labute approximate surface area is 154 Å². The summed E-state index contributed by atoms with van der Waals surface area (Å²) in [6.07, 6.45) is 20.6. The third kappa shape index (κ3) is 7.30. The predicted molar refractivity (Wildman–Crippen MR) is 107 cm³/mol. The molecule has 1 aliphatic carbocycles. The molecule has 0 bridgehead atoms. The average Bonchev–Trinajstić information content (AvgIpc) is 2.66. The van der Waals surface area contributed by atoms with Gasteiger partial charge in [-0.05, 0) is 74.3 Å². The zero-order valence-electron chi connectivity index (χ0n) is 15.8. The number of rotatable bonds is 9. The van der Waals surface area contributed by atoms with Crippen LogP contribution >= 0.6 is 0 Å². The Morgan fingerprint density at radius 1 is 1.04 bits per heavy atom. The molecule has 1 nitrogen and oxygen atoms in total. The predicted octanol–water partition coefficient (Wildman–Crippen LogP) is 7.11. The third-order valence-corrected chi connectivity index (χ3v) is 5.53. The lowest BCUT2D eigenvalue weighted by atomic mass is 9.77. The molecule has 1 aliphatic rings. The lowest BCUT2D eigenvalue weighted by Gasteiger charge is -2.28. The van der Waals surface area contributed by atoms with Gasteiger partial charge in [0.1, 0.15) is 0 Å². The molecule has 134 valence electrons. The maximum absolute atomic E-state index is 8.44. The van der Waals surface area contributed by atoms with Crippen molar-refractivity contribution in [2.75, 3.05) is 0 Å². The Kier molecular flexibility index (Phi) is 9.13. The maximum Gasteiger partial charge on any atom is 0.0912 e. The molecule has 2 rings (SSSR count). The van der Waals surface area contributed by atoms with Crippen molar-refractivity contribution in [3.63, 3.8) is 0 Å². The molecule has 0 atom stereocenters. The zero-order valence-corrected chi connectivity index (χ0v) is 15.8. The first-order valence-electron chi connectivity index (χ1n) is 10.1. The molecular weight excluding hydrogens is 302 g/mol. The Morgan fingerprint density at radius 2 is 1.80 bits per heavy atom. The van der Waals surface area contributed by atoms with Gasteiger partial charge in [-0.3, -0.25) is 0 Å². The zero-order chi connectivity index (χ0) is 17.7. The average molecular weight is 336 g/mol. The van der Waals surface area contributed by atoms with Crippen LogP contribution in [-0.4, -0.2) is 0 Å². The summed E-state index contributed by atoms with van der Waals surface area (Å²) in [5, 5.41) is 8.44. The number of allylic oxidation sites excluding steroid dienone is 4. The van der Waals surface area contributed by atoms with E-state index in [-0.39, 0.29) is 0 Å². The number of benzene rings is 1. The van der Waals surface area contributed by atoms with E-state index in [2.05, 4.69) is 37.3 Å². The largest absolute Gasteiger partial charge is 0.193 e. The van der Waals surface area contributed by atoms with Crippen molar-refractivity contribution in [2.45, 2.75) is 77.0 Å². The van der Waals surface area contributed by atoms with Crippen LogP contribution in [0.15, 0.2) is 48.6 Å². The molecule has 0 aliphatic heterocycles. The van der Waals surface area contributed by atoms with E-state index in [1.165, 1.54) is 69.4 Å². The van der Waals surface area contributed by atoms with Gasteiger partial charge < -0.3 is 0 Å². The second-order valence-corrected chi connectivity index (χ2v) is 7.41. The van der Waals surface area contributed by atoms with Gasteiger partial charge in [-0.2, -0.15) is 5.26 Å². The minimum atomic E-state index is 0.773. The summed E-state index contributed by atoms with van der Waals surface area (Å²) >= 11 is 0. The van der Waals surface area contributed by atoms with E-state index in [0.29, 0.717) is 0 Å². The Hall–Kier alpha value is -1.81. The summed E-state index contributed by atoms with van der Waals surface area (Å²) in [5.74, 6) is 1.66. The van der Waals surface area contributed by atoms with Crippen LogP contribution in [0, 0.1) is 17.2 Å². The maximum atomic E-state index is 8.44. The lowest BCUT2D eigenvalue weighted by Crippen LogP contribution is -2.13. The van der Waals surface area contributed by atoms with Crippen LogP contribution in [0.5, 0.6) is 0 Å². The lowest BCUT2D eigenvalue weighted by molar-refractivity contribution is 0.312. The first-order valence-corrected chi connectivity index (χ1v) is 10.1. The Bertz CT molecular complexity index is 565. The van der Waals surface area contributed by atoms with E-state index < -0.39 is 0 Å². The van der Waals surface area contributed by atoms with Crippen LogP contribution in [0.4, 0.5) is 0 Å². The van der Waals surface area contributed by atoms with E-state index in [0.717, 1.165) is 18.3 Å². The number of aryl methyl sites for hydroxylation is 1. The highest BCUT2D eigenvalue weighted by Gasteiger charge is 2.21. The molecule has 0 saturated heterocycles. The van der Waals surface area contributed by atoms with Crippen molar-refractivity contribution < 1.29 is 0 Å². The summed E-state index contributed by atoms with van der Waals surface area (Å²) < 4.78 is 0. The van der Waals surface area contributed by atoms with Gasteiger partial charge in [0, 0.05) is 6.08 Å². The van der Waals surface area contributed by atoms with E-state index >= 15 is 0 Å². The fourth-order valence-electron chi connectivity index (χ4n) is 3.93. The molecule has 1 saturated carbocycles. The highest BCUT2D eigenvalue weighted by Crippen LogP contribution is 2.37. The van der Waals surface area contributed by atoms with Crippen LogP contribution in [0.25, 0.3) is 0 Å². The van der Waals surface area contributed by atoms with Gasteiger partial charge in [0.15, 0.2) is 0 Å². The topological polar surface area (TPSA) is 23.8 Å². The highest BCUT2D eigenvalue weighted by atomic mass is 14.3. The molecule has 1 fully saturated rings. The molecule has 1 heteroatoms. The number of hydrogen-bond acceptors (Lipinski definition) is 1. The van der Waals surface area contributed by atoms with E-state index in [1.54, 1.807) is 5.56 Å². The summed E-state index contributed by atoms with van der Waals surface area (Å²) in [5.41, 5.74) is 3.06. The van der Waals surface area contributed by atoms with Crippen LogP contribution in [-0.2, 0) is 6.42 Å². The van der Waals surface area contributed by atoms with Gasteiger partial charge in [0.2, 0.25) is 0 Å². The number of nitriles is 1. The Balaban J connectivity index is 1.70. The normalized spacial score (nSPS) is 21.0. The van der Waals surface area contributed by atoms with Crippen molar-refractivity contribution in [1.29, 1.82) is 5.26 Å².